The Labute approximate surface area is 189 Å². The highest BCUT2D eigenvalue weighted by molar-refractivity contribution is 6.38. The van der Waals surface area contributed by atoms with Crippen LogP contribution in [-0.2, 0) is 23.9 Å². The fourth-order valence-corrected chi connectivity index (χ4v) is 7.16. The summed E-state index contributed by atoms with van der Waals surface area (Å²) < 4.78 is 16.7. The molecule has 6 rings (SSSR count). The molecule has 0 unspecified atom stereocenters. The lowest BCUT2D eigenvalue weighted by Gasteiger charge is -2.66. The first kappa shape index (κ1) is 20.5. The van der Waals surface area contributed by atoms with Crippen molar-refractivity contribution in [2.75, 3.05) is 32.3 Å². The molecule has 1 saturated carbocycles. The molecule has 174 valence electrons. The molecule has 0 aromatic heterocycles. The molecular formula is C23H24N2O8. The number of carboxylic acid groups (broad SMARTS) is 1. The number of methoxy groups -OCH3 is 2. The van der Waals surface area contributed by atoms with Crippen molar-refractivity contribution in [2.45, 2.75) is 42.9 Å². The molecule has 2 amide bonds. The number of hydrogen-bond acceptors (Lipinski definition) is 7. The van der Waals surface area contributed by atoms with Crippen molar-refractivity contribution in [3.05, 3.63) is 17.7 Å². The summed E-state index contributed by atoms with van der Waals surface area (Å²) in [7, 11) is 3.07. The monoisotopic (exact) mass is 456 g/mol. The Morgan fingerprint density at radius 2 is 1.91 bits per heavy atom. The van der Waals surface area contributed by atoms with Crippen LogP contribution in [0.3, 0.4) is 0 Å². The molecule has 6 atom stereocenters. The minimum absolute atomic E-state index is 0.0519. The number of ketones is 1. The first-order chi connectivity index (χ1) is 15.8. The third-order valence-corrected chi connectivity index (χ3v) is 8.37. The maximum Gasteiger partial charge on any atom is 0.329 e. The van der Waals surface area contributed by atoms with Crippen LogP contribution >= 0.6 is 0 Å². The number of anilines is 1. The van der Waals surface area contributed by atoms with Gasteiger partial charge in [-0.2, -0.15) is 0 Å². The molecule has 33 heavy (non-hydrogen) atoms. The Hall–Kier alpha value is -3.14. The van der Waals surface area contributed by atoms with Crippen molar-refractivity contribution >= 4 is 29.3 Å². The summed E-state index contributed by atoms with van der Waals surface area (Å²) in [5.74, 6) is -2.56. The van der Waals surface area contributed by atoms with Crippen molar-refractivity contribution in [2.24, 2.45) is 11.8 Å². The molecule has 0 radical (unpaired) electrons. The number of carbonyl (C=O) groups is 4. The van der Waals surface area contributed by atoms with E-state index in [1.165, 1.54) is 7.11 Å². The van der Waals surface area contributed by atoms with Crippen LogP contribution in [0.1, 0.15) is 30.7 Å². The number of aliphatic carboxylic acids is 1. The number of carboxylic acids is 1. The minimum atomic E-state index is -1.14. The zero-order chi connectivity index (χ0) is 23.2. The Morgan fingerprint density at radius 1 is 1.18 bits per heavy atom. The summed E-state index contributed by atoms with van der Waals surface area (Å²) in [6.07, 6.45) is 0.434. The molecule has 10 nitrogen and oxygen atoms in total. The second kappa shape index (κ2) is 6.69. The van der Waals surface area contributed by atoms with Gasteiger partial charge in [-0.25, -0.2) is 4.79 Å². The van der Waals surface area contributed by atoms with Crippen molar-refractivity contribution < 1.29 is 38.5 Å². The average Bonchev–Trinajstić information content (AvgIpc) is 3.12. The normalized spacial score (nSPS) is 35.5. The second-order valence-electron chi connectivity index (χ2n) is 9.51. The summed E-state index contributed by atoms with van der Waals surface area (Å²) in [4.78, 5) is 54.2. The number of piperidine rings is 2. The van der Waals surface area contributed by atoms with Gasteiger partial charge < -0.3 is 29.1 Å². The number of fused-ring (bicyclic) bond motifs is 5. The molecule has 1 N–H and O–H groups in total. The molecule has 1 aromatic carbocycles. The summed E-state index contributed by atoms with van der Waals surface area (Å²) in [6, 6.07) is 3.25. The molecule has 1 spiro atoms. The van der Waals surface area contributed by atoms with Gasteiger partial charge in [-0.15, -0.1) is 0 Å². The highest BCUT2D eigenvalue weighted by atomic mass is 16.5. The highest BCUT2D eigenvalue weighted by Gasteiger charge is 2.72. The van der Waals surface area contributed by atoms with Gasteiger partial charge in [0.05, 0.1) is 44.0 Å². The molecule has 10 heteroatoms. The van der Waals surface area contributed by atoms with Crippen molar-refractivity contribution in [3.63, 3.8) is 0 Å². The van der Waals surface area contributed by atoms with E-state index < -0.39 is 53.8 Å². The predicted molar refractivity (Wildman–Crippen MR) is 111 cm³/mol. The van der Waals surface area contributed by atoms with Crippen LogP contribution in [0.4, 0.5) is 5.69 Å². The SMILES string of the molecule is COc1cc2c(cc1OC)N1C(=O)C[C@H](OCC(=O)O)[C@H]3[C@@H]1[C@@H]2[C@@]12CCN1C(=O)C(=O)[C@@H]3C2. The van der Waals surface area contributed by atoms with E-state index in [4.69, 9.17) is 19.3 Å². The van der Waals surface area contributed by atoms with Crippen molar-refractivity contribution in [3.8, 4) is 11.5 Å². The molecule has 4 heterocycles. The van der Waals surface area contributed by atoms with Gasteiger partial charge in [0.1, 0.15) is 6.61 Å². The Bertz CT molecular complexity index is 1120. The van der Waals surface area contributed by atoms with Crippen LogP contribution in [-0.4, -0.2) is 78.6 Å². The largest absolute Gasteiger partial charge is 0.493 e. The number of nitrogens with zero attached hydrogens (tertiary/aromatic N) is 2. The number of amides is 2. The van der Waals surface area contributed by atoms with Gasteiger partial charge in [0, 0.05) is 30.4 Å². The zero-order valence-corrected chi connectivity index (χ0v) is 18.3. The van der Waals surface area contributed by atoms with Gasteiger partial charge in [-0.3, -0.25) is 14.4 Å². The molecule has 1 aromatic rings. The van der Waals surface area contributed by atoms with E-state index in [1.54, 1.807) is 23.0 Å². The third-order valence-electron chi connectivity index (χ3n) is 8.37. The van der Waals surface area contributed by atoms with E-state index in [-0.39, 0.29) is 18.2 Å². The predicted octanol–water partition coefficient (Wildman–Crippen LogP) is 0.566. The summed E-state index contributed by atoms with van der Waals surface area (Å²) in [6.45, 7) is -0.0484. The van der Waals surface area contributed by atoms with Crippen molar-refractivity contribution in [1.29, 1.82) is 0 Å². The van der Waals surface area contributed by atoms with Gasteiger partial charge in [0.15, 0.2) is 11.5 Å². The fraction of sp³-hybridized carbons (Fsp3) is 0.565. The molecule has 3 saturated heterocycles. The first-order valence-electron chi connectivity index (χ1n) is 11.1. The van der Waals surface area contributed by atoms with Gasteiger partial charge in [0.2, 0.25) is 11.7 Å². The van der Waals surface area contributed by atoms with E-state index in [9.17, 15) is 19.2 Å². The Kier molecular flexibility index (Phi) is 4.15. The minimum Gasteiger partial charge on any atom is -0.493 e. The average molecular weight is 456 g/mol. The number of rotatable bonds is 5. The highest BCUT2D eigenvalue weighted by Crippen LogP contribution is 2.65. The third kappa shape index (κ3) is 2.41. The lowest BCUT2D eigenvalue weighted by atomic mass is 9.51. The van der Waals surface area contributed by atoms with Crippen LogP contribution in [0.2, 0.25) is 0 Å². The zero-order valence-electron chi connectivity index (χ0n) is 18.3. The topological polar surface area (TPSA) is 123 Å². The van der Waals surface area contributed by atoms with Crippen LogP contribution in [0.5, 0.6) is 11.5 Å². The number of hydrogen-bond donors (Lipinski definition) is 1. The van der Waals surface area contributed by atoms with E-state index in [1.807, 2.05) is 6.07 Å². The van der Waals surface area contributed by atoms with Crippen LogP contribution in [0, 0.1) is 11.8 Å². The molecule has 4 aliphatic heterocycles. The van der Waals surface area contributed by atoms with Gasteiger partial charge in [0.25, 0.3) is 5.91 Å². The van der Waals surface area contributed by atoms with Crippen LogP contribution in [0.15, 0.2) is 12.1 Å². The fourth-order valence-electron chi connectivity index (χ4n) is 7.16. The van der Waals surface area contributed by atoms with Gasteiger partial charge >= 0.3 is 5.97 Å². The quantitative estimate of drug-likeness (QED) is 0.638. The van der Waals surface area contributed by atoms with Crippen LogP contribution < -0.4 is 14.4 Å². The molecule has 5 aliphatic rings. The molecule has 4 fully saturated rings. The van der Waals surface area contributed by atoms with E-state index in [0.29, 0.717) is 30.2 Å². The van der Waals surface area contributed by atoms with Crippen molar-refractivity contribution in [1.82, 2.24) is 4.90 Å². The van der Waals surface area contributed by atoms with E-state index in [2.05, 4.69) is 0 Å². The van der Waals surface area contributed by atoms with Crippen LogP contribution in [0.25, 0.3) is 0 Å². The van der Waals surface area contributed by atoms with Gasteiger partial charge in [-0.05, 0) is 24.5 Å². The van der Waals surface area contributed by atoms with Gasteiger partial charge in [-0.1, -0.05) is 0 Å². The summed E-state index contributed by atoms with van der Waals surface area (Å²) >= 11 is 0. The molecule has 2 bridgehead atoms. The number of benzene rings is 1. The maximum absolute atomic E-state index is 13.4. The number of carbonyl (C=O) groups excluding carboxylic acids is 3. The lowest BCUT2D eigenvalue weighted by molar-refractivity contribution is -0.188. The van der Waals surface area contributed by atoms with E-state index in [0.717, 1.165) is 12.0 Å². The lowest BCUT2D eigenvalue weighted by Crippen LogP contribution is -2.78. The smallest absolute Gasteiger partial charge is 0.329 e. The Balaban J connectivity index is 1.55. The summed E-state index contributed by atoms with van der Waals surface area (Å²) in [5.41, 5.74) is 1.04. The standard InChI is InChI=1S/C23H24N2O8/c1-31-13-5-10-12(6-14(13)32-2)25-16(26)7-15(33-9-17(27)28)18-11-8-23(19(10)20(18)25)3-4-24(23)22(30)21(11)29/h5-6,11,15,18-20H,3-4,7-9H2,1-2H3,(H,27,28)/t11-,15+,18+,19-,20-,23+/m1/s1. The summed E-state index contributed by atoms with van der Waals surface area (Å²) in [5, 5.41) is 9.16. The molecule has 1 aliphatic carbocycles. The molecular weight excluding hydrogens is 432 g/mol. The maximum atomic E-state index is 13.4. The number of Topliss-reactive ketones (excluding diaryl/α,β-unsaturated/α-hetero) is 1. The second-order valence-corrected chi connectivity index (χ2v) is 9.51. The van der Waals surface area contributed by atoms with E-state index >= 15 is 0 Å². The Morgan fingerprint density at radius 3 is 2.55 bits per heavy atom. The first-order valence-corrected chi connectivity index (χ1v) is 11.1. The number of ether oxygens (including phenoxy) is 3.